The zero-order valence-corrected chi connectivity index (χ0v) is 18.9. The molecule has 0 aliphatic carbocycles. The molecule has 0 spiro atoms. The SMILES string of the molecule is COc1c([C@H]2[C@H](c3cc(=O)c4cn(O)c(C(=O)O)cc-4n3)O[C@@](C)(C(F)(F)F)[C@H]2C)ccc(F)c1F. The van der Waals surface area contributed by atoms with Crippen molar-refractivity contribution in [2.24, 2.45) is 5.92 Å². The molecule has 1 aromatic carbocycles. The first-order chi connectivity index (χ1) is 16.7. The third-order valence-corrected chi connectivity index (χ3v) is 6.66. The Balaban J connectivity index is 1.98. The predicted molar refractivity (Wildman–Crippen MR) is 112 cm³/mol. The maximum Gasteiger partial charge on any atom is 0.417 e. The number of halogens is 5. The minimum atomic E-state index is -4.90. The van der Waals surface area contributed by atoms with Crippen LogP contribution in [0.2, 0.25) is 0 Å². The van der Waals surface area contributed by atoms with Gasteiger partial charge < -0.3 is 19.8 Å². The van der Waals surface area contributed by atoms with E-state index in [0.29, 0.717) is 0 Å². The first kappa shape index (κ1) is 25.4. The highest BCUT2D eigenvalue weighted by Crippen LogP contribution is 2.59. The third kappa shape index (κ3) is 3.74. The molecule has 0 saturated carbocycles. The van der Waals surface area contributed by atoms with Crippen LogP contribution in [0.1, 0.15) is 47.6 Å². The molecule has 3 aliphatic rings. The van der Waals surface area contributed by atoms with Crippen LogP contribution in [0.15, 0.2) is 35.3 Å². The molecule has 0 unspecified atom stereocenters. The Morgan fingerprint density at radius 3 is 2.50 bits per heavy atom. The van der Waals surface area contributed by atoms with Gasteiger partial charge in [-0.2, -0.15) is 22.3 Å². The number of rotatable bonds is 4. The van der Waals surface area contributed by atoms with Gasteiger partial charge in [0.05, 0.1) is 30.3 Å². The van der Waals surface area contributed by atoms with Crippen LogP contribution in [0.4, 0.5) is 22.0 Å². The number of pyridine rings is 2. The van der Waals surface area contributed by atoms with Crippen molar-refractivity contribution >= 4 is 5.97 Å². The van der Waals surface area contributed by atoms with Crippen molar-refractivity contribution in [3.63, 3.8) is 0 Å². The molecule has 3 aliphatic heterocycles. The molecule has 4 atom stereocenters. The Morgan fingerprint density at radius 1 is 1.25 bits per heavy atom. The van der Waals surface area contributed by atoms with E-state index in [-0.39, 0.29) is 27.2 Å². The second-order valence-electron chi connectivity index (χ2n) is 8.59. The highest BCUT2D eigenvalue weighted by atomic mass is 19.4. The maximum atomic E-state index is 14.5. The number of benzene rings is 1. The van der Waals surface area contributed by atoms with Crippen LogP contribution in [0.3, 0.4) is 0 Å². The minimum absolute atomic E-state index is 0.135. The van der Waals surface area contributed by atoms with Crippen molar-refractivity contribution in [1.29, 1.82) is 0 Å². The molecular formula is C23H19F5N2O6. The van der Waals surface area contributed by atoms with Gasteiger partial charge in [-0.05, 0) is 19.1 Å². The summed E-state index contributed by atoms with van der Waals surface area (Å²) in [7, 11) is 1.03. The summed E-state index contributed by atoms with van der Waals surface area (Å²) in [5, 5.41) is 19.1. The Morgan fingerprint density at radius 2 is 1.92 bits per heavy atom. The molecule has 3 heterocycles. The molecule has 0 aromatic heterocycles. The first-order valence-corrected chi connectivity index (χ1v) is 10.5. The van der Waals surface area contributed by atoms with Gasteiger partial charge in [-0.1, -0.05) is 13.0 Å². The zero-order valence-electron chi connectivity index (χ0n) is 18.9. The van der Waals surface area contributed by atoms with E-state index in [1.165, 1.54) is 6.92 Å². The van der Waals surface area contributed by atoms with Crippen molar-refractivity contribution in [3.8, 4) is 17.0 Å². The number of alkyl halides is 3. The van der Waals surface area contributed by atoms with Gasteiger partial charge in [0.15, 0.2) is 28.3 Å². The van der Waals surface area contributed by atoms with Crippen molar-refractivity contribution < 1.29 is 46.5 Å². The molecule has 8 nitrogen and oxygen atoms in total. The summed E-state index contributed by atoms with van der Waals surface area (Å²) in [6.07, 6.45) is -5.68. The van der Waals surface area contributed by atoms with E-state index < -0.39 is 64.2 Å². The molecule has 13 heteroatoms. The molecule has 0 amide bonds. The number of aromatic nitrogens is 2. The van der Waals surface area contributed by atoms with Crippen LogP contribution in [0.5, 0.6) is 5.75 Å². The highest BCUT2D eigenvalue weighted by Gasteiger charge is 2.65. The van der Waals surface area contributed by atoms with Crippen molar-refractivity contribution in [2.45, 2.75) is 37.6 Å². The third-order valence-electron chi connectivity index (χ3n) is 6.66. The standard InChI is InChI=1S/C23H19F5N2O6/c1-9-17(10-4-5-12(24)18(25)19(10)35-3)20(36-22(9,2)23(26,27)28)14-7-16(31)11-8-30(34)15(21(32)33)6-13(11)29-14/h4-9,17,20,34H,1-3H3,(H,32,33)/t9-,17-,20-,22+/m0/s1. The monoisotopic (exact) mass is 514 g/mol. The lowest BCUT2D eigenvalue weighted by Gasteiger charge is -2.32. The molecule has 2 N–H and O–H groups in total. The van der Waals surface area contributed by atoms with Crippen LogP contribution in [-0.4, -0.2) is 44.9 Å². The predicted octanol–water partition coefficient (Wildman–Crippen LogP) is 4.38. The number of hydrogen-bond donors (Lipinski definition) is 2. The van der Waals surface area contributed by atoms with Crippen LogP contribution in [-0.2, 0) is 4.74 Å². The lowest BCUT2D eigenvalue weighted by Crippen LogP contribution is -2.46. The summed E-state index contributed by atoms with van der Waals surface area (Å²) in [4.78, 5) is 28.3. The number of ether oxygens (including phenoxy) is 2. The second-order valence-corrected chi connectivity index (χ2v) is 8.59. The molecule has 1 fully saturated rings. The van der Waals surface area contributed by atoms with Crippen molar-refractivity contribution in [3.05, 3.63) is 69.3 Å². The Hall–Kier alpha value is -3.74. The quantitative estimate of drug-likeness (QED) is 0.393. The summed E-state index contributed by atoms with van der Waals surface area (Å²) in [5.74, 6) is -7.56. The highest BCUT2D eigenvalue weighted by molar-refractivity contribution is 5.87. The lowest BCUT2D eigenvalue weighted by atomic mass is 9.76. The number of fused-ring (bicyclic) bond motifs is 1. The molecule has 0 bridgehead atoms. The summed E-state index contributed by atoms with van der Waals surface area (Å²) < 4.78 is 81.5. The number of aromatic carboxylic acids is 1. The average Bonchev–Trinajstić information content (AvgIpc) is 3.07. The fourth-order valence-electron chi connectivity index (χ4n) is 4.57. The molecule has 1 aromatic rings. The summed E-state index contributed by atoms with van der Waals surface area (Å²) >= 11 is 0. The van der Waals surface area contributed by atoms with Gasteiger partial charge in [0, 0.05) is 23.5 Å². The van der Waals surface area contributed by atoms with Gasteiger partial charge in [-0.25, -0.2) is 14.2 Å². The van der Waals surface area contributed by atoms with Crippen molar-refractivity contribution in [2.75, 3.05) is 7.11 Å². The van der Waals surface area contributed by atoms with E-state index >= 15 is 0 Å². The number of carboxylic acid groups (broad SMARTS) is 1. The van der Waals surface area contributed by atoms with Crippen LogP contribution in [0, 0.1) is 17.6 Å². The molecule has 4 rings (SSSR count). The number of nitrogens with zero attached hydrogens (tertiary/aromatic N) is 2. The normalized spacial score (nSPS) is 24.3. The van der Waals surface area contributed by atoms with Gasteiger partial charge in [-0.3, -0.25) is 4.79 Å². The second kappa shape index (κ2) is 8.43. The van der Waals surface area contributed by atoms with Crippen molar-refractivity contribution in [1.82, 2.24) is 9.71 Å². The number of methoxy groups -OCH3 is 1. The van der Waals surface area contributed by atoms with Crippen LogP contribution < -0.4 is 10.2 Å². The van der Waals surface area contributed by atoms with Crippen LogP contribution in [0.25, 0.3) is 11.3 Å². The summed E-state index contributed by atoms with van der Waals surface area (Å²) in [5.41, 5.74) is -5.10. The molecule has 36 heavy (non-hydrogen) atoms. The fourth-order valence-corrected chi connectivity index (χ4v) is 4.57. The minimum Gasteiger partial charge on any atom is -0.493 e. The van der Waals surface area contributed by atoms with E-state index in [1.54, 1.807) is 0 Å². The van der Waals surface area contributed by atoms with Crippen LogP contribution >= 0.6 is 0 Å². The van der Waals surface area contributed by atoms with Gasteiger partial charge in [-0.15, -0.1) is 0 Å². The molecule has 192 valence electrons. The molecule has 1 saturated heterocycles. The summed E-state index contributed by atoms with van der Waals surface area (Å²) in [6, 6.07) is 3.58. The average molecular weight is 514 g/mol. The van der Waals surface area contributed by atoms with Gasteiger partial charge in [0.2, 0.25) is 5.82 Å². The fraction of sp³-hybridized carbons (Fsp3) is 0.348. The summed E-state index contributed by atoms with van der Waals surface area (Å²) in [6.45, 7) is 2.02. The lowest BCUT2D eigenvalue weighted by molar-refractivity contribution is -0.275. The number of hydrogen-bond acceptors (Lipinski definition) is 6. The topological polar surface area (TPSA) is 111 Å². The zero-order chi connectivity index (χ0) is 26.7. The van der Waals surface area contributed by atoms with Gasteiger partial charge in [0.25, 0.3) is 0 Å². The maximum absolute atomic E-state index is 14.5. The van der Waals surface area contributed by atoms with E-state index in [4.69, 9.17) is 9.47 Å². The van der Waals surface area contributed by atoms with E-state index in [0.717, 1.165) is 44.5 Å². The smallest absolute Gasteiger partial charge is 0.417 e. The van der Waals surface area contributed by atoms with E-state index in [9.17, 15) is 41.9 Å². The number of carboxylic acids is 1. The van der Waals surface area contributed by atoms with E-state index in [1.807, 2.05) is 0 Å². The Labute approximate surface area is 199 Å². The molecular weight excluding hydrogens is 495 g/mol. The molecule has 0 radical (unpaired) electrons. The van der Waals surface area contributed by atoms with Gasteiger partial charge >= 0.3 is 12.1 Å². The first-order valence-electron chi connectivity index (χ1n) is 10.5. The Bertz CT molecular complexity index is 1390. The van der Waals surface area contributed by atoms with Gasteiger partial charge in [0.1, 0.15) is 6.10 Å². The van der Waals surface area contributed by atoms with E-state index in [2.05, 4.69) is 4.98 Å². The largest absolute Gasteiger partial charge is 0.493 e. The number of carbonyl (C=O) groups is 1. The Kier molecular flexibility index (Phi) is 5.94.